The maximum Gasteiger partial charge on any atom is 0.243 e. The summed E-state index contributed by atoms with van der Waals surface area (Å²) in [5, 5.41) is 10.3. The van der Waals surface area contributed by atoms with Crippen LogP contribution in [0.4, 0.5) is 0 Å². The van der Waals surface area contributed by atoms with Crippen molar-refractivity contribution >= 4 is 51.4 Å². The summed E-state index contributed by atoms with van der Waals surface area (Å²) >= 11 is 1.33. The Morgan fingerprint density at radius 3 is 2.66 bits per heavy atom. The Morgan fingerprint density at radius 1 is 1.41 bits per heavy atom. The third kappa shape index (κ3) is 7.88. The van der Waals surface area contributed by atoms with Crippen molar-refractivity contribution in [2.45, 2.75) is 51.7 Å². The van der Waals surface area contributed by atoms with Crippen LogP contribution in [0.3, 0.4) is 0 Å². The normalized spacial score (nSPS) is 17.0. The summed E-state index contributed by atoms with van der Waals surface area (Å²) in [7, 11) is -3.68. The molecular formula is C20H32ClN5O4S2. The third-order valence-corrected chi connectivity index (χ3v) is 7.30. The molecule has 0 saturated carbocycles. The minimum atomic E-state index is -3.68. The molecule has 1 aromatic heterocycles. The average Bonchev–Trinajstić information content (AvgIpc) is 3.34. The molecule has 1 aliphatic rings. The highest BCUT2D eigenvalue weighted by Gasteiger charge is 2.38. The van der Waals surface area contributed by atoms with Gasteiger partial charge < -0.3 is 16.0 Å². The molecule has 1 aromatic rings. The second-order valence-electron chi connectivity index (χ2n) is 7.96. The van der Waals surface area contributed by atoms with Crippen LogP contribution in [0.1, 0.15) is 42.9 Å². The Balaban J connectivity index is 0.00000512. The molecule has 2 heterocycles. The molecule has 32 heavy (non-hydrogen) atoms. The van der Waals surface area contributed by atoms with Gasteiger partial charge in [-0.2, -0.15) is 0 Å². The molecule has 1 fully saturated rings. The van der Waals surface area contributed by atoms with Gasteiger partial charge in [-0.15, -0.1) is 30.3 Å². The molecule has 2 amide bonds. The van der Waals surface area contributed by atoms with Gasteiger partial charge in [0.25, 0.3) is 0 Å². The van der Waals surface area contributed by atoms with Crippen molar-refractivity contribution in [1.29, 1.82) is 5.41 Å². The van der Waals surface area contributed by atoms with E-state index >= 15 is 0 Å². The number of thiophene rings is 1. The summed E-state index contributed by atoms with van der Waals surface area (Å²) in [5.41, 5.74) is 5.47. The summed E-state index contributed by atoms with van der Waals surface area (Å²) in [5.74, 6) is -0.869. The summed E-state index contributed by atoms with van der Waals surface area (Å²) in [6.07, 6.45) is 2.80. The molecule has 0 spiro atoms. The number of rotatable bonds is 11. The largest absolute Gasteiger partial charge is 0.383 e. The zero-order chi connectivity index (χ0) is 23.2. The number of amidine groups is 1. The number of nitrogens with two attached hydrogens (primary N) is 1. The van der Waals surface area contributed by atoms with Gasteiger partial charge in [-0.25, -0.2) is 13.1 Å². The molecule has 1 saturated heterocycles. The van der Waals surface area contributed by atoms with Crippen molar-refractivity contribution in [1.82, 2.24) is 14.9 Å². The van der Waals surface area contributed by atoms with Gasteiger partial charge in [0.2, 0.25) is 21.8 Å². The van der Waals surface area contributed by atoms with Gasteiger partial charge in [0.15, 0.2) is 0 Å². The summed E-state index contributed by atoms with van der Waals surface area (Å²) in [6.45, 7) is 7.94. The standard InChI is InChI=1S/C20H31N5O4S2.ClH/c1-4-10-31(28,29)24-15(11-13(2)3)20(27)25-9-5-6-16(25)19(26)23-12-14-7-8-17(30-14)18(21)22;/h4,7-8,13,15-16,24H,1,5-6,9-12H2,2-3H3,(H3,21,22)(H,23,26);1H/t15?,16-;/m0./s1. The number of amides is 2. The number of nitrogen functional groups attached to an aromatic ring is 1. The fourth-order valence-electron chi connectivity index (χ4n) is 3.50. The van der Waals surface area contributed by atoms with Gasteiger partial charge in [0.05, 0.1) is 17.2 Å². The van der Waals surface area contributed by atoms with Gasteiger partial charge in [-0.1, -0.05) is 19.9 Å². The summed E-state index contributed by atoms with van der Waals surface area (Å²) in [4.78, 5) is 28.9. The van der Waals surface area contributed by atoms with E-state index in [2.05, 4.69) is 16.6 Å². The fourth-order valence-corrected chi connectivity index (χ4v) is 5.35. The van der Waals surface area contributed by atoms with E-state index < -0.39 is 22.1 Å². The first-order chi connectivity index (χ1) is 14.5. The molecule has 0 aliphatic carbocycles. The summed E-state index contributed by atoms with van der Waals surface area (Å²) < 4.78 is 26.9. The number of halogens is 1. The molecule has 0 radical (unpaired) electrons. The van der Waals surface area contributed by atoms with Crippen LogP contribution in [-0.4, -0.2) is 55.3 Å². The molecular weight excluding hydrogens is 474 g/mol. The van der Waals surface area contributed by atoms with Gasteiger partial charge in [-0.05, 0) is 37.3 Å². The number of hydrogen-bond acceptors (Lipinski definition) is 6. The monoisotopic (exact) mass is 505 g/mol. The van der Waals surface area contributed by atoms with E-state index in [0.29, 0.717) is 30.7 Å². The minimum Gasteiger partial charge on any atom is -0.383 e. The number of hydrogen-bond donors (Lipinski definition) is 4. The average molecular weight is 506 g/mol. The fraction of sp³-hybridized carbons (Fsp3) is 0.550. The van der Waals surface area contributed by atoms with Gasteiger partial charge >= 0.3 is 0 Å². The quantitative estimate of drug-likeness (QED) is 0.205. The van der Waals surface area contributed by atoms with Gasteiger partial charge in [0.1, 0.15) is 17.9 Å². The number of carbonyl (C=O) groups is 2. The van der Waals surface area contributed by atoms with E-state index in [4.69, 9.17) is 11.1 Å². The van der Waals surface area contributed by atoms with Crippen LogP contribution < -0.4 is 15.8 Å². The lowest BCUT2D eigenvalue weighted by Gasteiger charge is -2.29. The number of likely N-dealkylation sites (tertiary alicyclic amines) is 1. The zero-order valence-electron chi connectivity index (χ0n) is 18.3. The summed E-state index contributed by atoms with van der Waals surface area (Å²) in [6, 6.07) is 1.96. The Bertz CT molecular complexity index is 932. The second-order valence-corrected chi connectivity index (χ2v) is 10.9. The molecule has 9 nitrogen and oxygen atoms in total. The first-order valence-corrected chi connectivity index (χ1v) is 12.6. The second kappa shape index (κ2) is 12.3. The van der Waals surface area contributed by atoms with Crippen LogP contribution in [0, 0.1) is 11.3 Å². The Labute approximate surface area is 199 Å². The Morgan fingerprint density at radius 2 is 2.09 bits per heavy atom. The number of carbonyl (C=O) groups excluding carboxylic acids is 2. The lowest BCUT2D eigenvalue weighted by atomic mass is 10.0. The maximum absolute atomic E-state index is 13.2. The van der Waals surface area contributed by atoms with Crippen molar-refractivity contribution in [3.05, 3.63) is 34.5 Å². The van der Waals surface area contributed by atoms with Crippen molar-refractivity contribution in [3.8, 4) is 0 Å². The van der Waals surface area contributed by atoms with Gasteiger partial charge in [-0.3, -0.25) is 15.0 Å². The van der Waals surface area contributed by atoms with Crippen molar-refractivity contribution < 1.29 is 18.0 Å². The topological polar surface area (TPSA) is 145 Å². The van der Waals surface area contributed by atoms with Crippen LogP contribution in [0.2, 0.25) is 0 Å². The van der Waals surface area contributed by atoms with E-state index in [1.54, 1.807) is 12.1 Å². The molecule has 1 unspecified atom stereocenters. The van der Waals surface area contributed by atoms with E-state index in [1.165, 1.54) is 22.3 Å². The molecule has 180 valence electrons. The Hall–Kier alpha value is -1.95. The predicted octanol–water partition coefficient (Wildman–Crippen LogP) is 1.58. The lowest BCUT2D eigenvalue weighted by Crippen LogP contribution is -2.53. The minimum absolute atomic E-state index is 0. The van der Waals surface area contributed by atoms with E-state index in [1.807, 2.05) is 13.8 Å². The van der Waals surface area contributed by atoms with E-state index in [0.717, 1.165) is 4.88 Å². The van der Waals surface area contributed by atoms with Crippen molar-refractivity contribution in [3.63, 3.8) is 0 Å². The first-order valence-electron chi connectivity index (χ1n) is 10.2. The highest BCUT2D eigenvalue weighted by molar-refractivity contribution is 7.89. The number of nitrogens with one attached hydrogen (secondary N) is 3. The number of nitrogens with zero attached hydrogens (tertiary/aromatic N) is 1. The maximum atomic E-state index is 13.2. The van der Waals surface area contributed by atoms with Crippen LogP contribution in [0.5, 0.6) is 0 Å². The van der Waals surface area contributed by atoms with E-state index in [-0.39, 0.29) is 48.3 Å². The van der Waals surface area contributed by atoms with Crippen LogP contribution in [-0.2, 0) is 26.2 Å². The van der Waals surface area contributed by atoms with Gasteiger partial charge in [0, 0.05) is 11.4 Å². The van der Waals surface area contributed by atoms with Crippen molar-refractivity contribution in [2.75, 3.05) is 12.3 Å². The molecule has 0 aromatic carbocycles. The predicted molar refractivity (Wildman–Crippen MR) is 130 cm³/mol. The third-order valence-electron chi connectivity index (χ3n) is 4.87. The molecule has 0 bridgehead atoms. The van der Waals surface area contributed by atoms with E-state index in [9.17, 15) is 18.0 Å². The zero-order valence-corrected chi connectivity index (χ0v) is 20.7. The number of sulfonamides is 1. The molecule has 2 atom stereocenters. The lowest BCUT2D eigenvalue weighted by molar-refractivity contribution is -0.140. The molecule has 1 aliphatic heterocycles. The van der Waals surface area contributed by atoms with Crippen LogP contribution in [0.15, 0.2) is 24.8 Å². The van der Waals surface area contributed by atoms with Crippen LogP contribution >= 0.6 is 23.7 Å². The highest BCUT2D eigenvalue weighted by Crippen LogP contribution is 2.21. The molecule has 12 heteroatoms. The van der Waals surface area contributed by atoms with Crippen molar-refractivity contribution in [2.24, 2.45) is 11.7 Å². The first kappa shape index (κ1) is 28.1. The smallest absolute Gasteiger partial charge is 0.243 e. The SMILES string of the molecule is C=CCS(=O)(=O)NC(CC(C)C)C(=O)N1CCC[C@H]1C(=O)NCc1ccc(C(=N)N)s1.Cl. The molecule has 5 N–H and O–H groups in total. The van der Waals surface area contributed by atoms with Crippen LogP contribution in [0.25, 0.3) is 0 Å². The highest BCUT2D eigenvalue weighted by atomic mass is 35.5. The Kier molecular flexibility index (Phi) is 10.8. The molecule has 2 rings (SSSR count).